The van der Waals surface area contributed by atoms with Crippen molar-refractivity contribution in [2.75, 3.05) is 0 Å². The lowest BCUT2D eigenvalue weighted by Gasteiger charge is -2.08. The molecule has 0 saturated carbocycles. The zero-order valence-electron chi connectivity index (χ0n) is 7.66. The minimum atomic E-state index is -4.47. The van der Waals surface area contributed by atoms with Crippen molar-refractivity contribution < 1.29 is 17.6 Å². The fourth-order valence-corrected chi connectivity index (χ4v) is 1.25. The van der Waals surface area contributed by atoms with Crippen LogP contribution < -0.4 is 0 Å². The van der Waals surface area contributed by atoms with Gasteiger partial charge in [0.05, 0.1) is 5.56 Å². The Morgan fingerprint density at radius 2 is 1.79 bits per heavy atom. The van der Waals surface area contributed by atoms with Crippen LogP contribution >= 0.6 is 0 Å². The highest BCUT2D eigenvalue weighted by Crippen LogP contribution is 2.30. The number of hydrogen-bond donors (Lipinski definition) is 0. The molecule has 0 atom stereocenters. The monoisotopic (exact) mass is 206 g/mol. The Balaban J connectivity index is 3.07. The second-order valence-electron chi connectivity index (χ2n) is 3.10. The van der Waals surface area contributed by atoms with E-state index in [-0.39, 0.29) is 0 Å². The lowest BCUT2D eigenvalue weighted by molar-refractivity contribution is -0.137. The molecule has 0 fully saturated rings. The molecule has 0 heterocycles. The van der Waals surface area contributed by atoms with Gasteiger partial charge in [-0.15, -0.1) is 0 Å². The Hall–Kier alpha value is -1.06. The van der Waals surface area contributed by atoms with Gasteiger partial charge in [-0.2, -0.15) is 13.2 Å². The lowest BCUT2D eigenvalue weighted by Crippen LogP contribution is -2.06. The molecular weight excluding hydrogens is 196 g/mol. The summed E-state index contributed by atoms with van der Waals surface area (Å²) < 4.78 is 49.4. The maximum Gasteiger partial charge on any atom is 0.416 e. The van der Waals surface area contributed by atoms with Gasteiger partial charge in [0.1, 0.15) is 5.82 Å². The van der Waals surface area contributed by atoms with Crippen LogP contribution in [0.3, 0.4) is 0 Å². The van der Waals surface area contributed by atoms with Crippen molar-refractivity contribution in [3.05, 3.63) is 35.1 Å². The first-order chi connectivity index (χ1) is 6.43. The Kier molecular flexibility index (Phi) is 3.13. The summed E-state index contributed by atoms with van der Waals surface area (Å²) in [4.78, 5) is 0. The molecule has 0 aliphatic heterocycles. The van der Waals surface area contributed by atoms with E-state index in [1.165, 1.54) is 0 Å². The van der Waals surface area contributed by atoms with Crippen LogP contribution in [0.4, 0.5) is 17.6 Å². The summed E-state index contributed by atoms with van der Waals surface area (Å²) >= 11 is 0. The zero-order chi connectivity index (χ0) is 10.8. The van der Waals surface area contributed by atoms with Gasteiger partial charge in [-0.1, -0.05) is 13.3 Å². The van der Waals surface area contributed by atoms with Crippen molar-refractivity contribution in [1.29, 1.82) is 0 Å². The van der Waals surface area contributed by atoms with Gasteiger partial charge in [0.2, 0.25) is 0 Å². The number of alkyl halides is 3. The Labute approximate surface area is 79.6 Å². The number of halogens is 4. The molecule has 0 aliphatic carbocycles. The third kappa shape index (κ3) is 2.72. The van der Waals surface area contributed by atoms with Gasteiger partial charge in [0, 0.05) is 0 Å². The largest absolute Gasteiger partial charge is 0.416 e. The van der Waals surface area contributed by atoms with Crippen LogP contribution in [0.1, 0.15) is 24.5 Å². The molecule has 0 unspecified atom stereocenters. The van der Waals surface area contributed by atoms with Crippen molar-refractivity contribution in [2.24, 2.45) is 0 Å². The summed E-state index contributed by atoms with van der Waals surface area (Å²) in [5.74, 6) is -0.830. The molecular formula is C10H10F4. The molecule has 1 aromatic rings. The van der Waals surface area contributed by atoms with E-state index in [1.54, 1.807) is 0 Å². The SMILES string of the molecule is CCCc1cc(F)cc(C(F)(F)F)c1. The molecule has 0 amide bonds. The van der Waals surface area contributed by atoms with Gasteiger partial charge in [0.25, 0.3) is 0 Å². The highest BCUT2D eigenvalue weighted by molar-refractivity contribution is 5.26. The van der Waals surface area contributed by atoms with E-state index in [4.69, 9.17) is 0 Å². The Morgan fingerprint density at radius 3 is 2.29 bits per heavy atom. The van der Waals surface area contributed by atoms with Crippen LogP contribution in [0.5, 0.6) is 0 Å². The average molecular weight is 206 g/mol. The van der Waals surface area contributed by atoms with E-state index >= 15 is 0 Å². The van der Waals surface area contributed by atoms with Crippen molar-refractivity contribution in [2.45, 2.75) is 25.9 Å². The van der Waals surface area contributed by atoms with Gasteiger partial charge in [-0.05, 0) is 30.2 Å². The van der Waals surface area contributed by atoms with E-state index in [9.17, 15) is 17.6 Å². The molecule has 0 nitrogen and oxygen atoms in total. The second kappa shape index (κ2) is 3.98. The molecule has 1 rings (SSSR count). The molecule has 4 heteroatoms. The van der Waals surface area contributed by atoms with Crippen molar-refractivity contribution in [1.82, 2.24) is 0 Å². The molecule has 0 spiro atoms. The molecule has 0 radical (unpaired) electrons. The highest BCUT2D eigenvalue weighted by Gasteiger charge is 2.31. The van der Waals surface area contributed by atoms with E-state index < -0.39 is 17.6 Å². The van der Waals surface area contributed by atoms with Crippen LogP contribution in [0.15, 0.2) is 18.2 Å². The van der Waals surface area contributed by atoms with E-state index in [1.807, 2.05) is 6.92 Å². The fraction of sp³-hybridized carbons (Fsp3) is 0.400. The van der Waals surface area contributed by atoms with E-state index in [0.717, 1.165) is 12.1 Å². The summed E-state index contributed by atoms with van der Waals surface area (Å²) in [5.41, 5.74) is -0.527. The number of aryl methyl sites for hydroxylation is 1. The second-order valence-corrected chi connectivity index (χ2v) is 3.10. The first-order valence-electron chi connectivity index (χ1n) is 4.30. The molecule has 0 bridgehead atoms. The van der Waals surface area contributed by atoms with Gasteiger partial charge in [-0.25, -0.2) is 4.39 Å². The van der Waals surface area contributed by atoms with Crippen LogP contribution in [-0.4, -0.2) is 0 Å². The normalized spacial score (nSPS) is 11.8. The highest BCUT2D eigenvalue weighted by atomic mass is 19.4. The molecule has 1 aromatic carbocycles. The maximum atomic E-state index is 12.8. The molecule has 0 N–H and O–H groups in total. The van der Waals surface area contributed by atoms with Crippen molar-refractivity contribution >= 4 is 0 Å². The summed E-state index contributed by atoms with van der Waals surface area (Å²) in [6.45, 7) is 1.83. The van der Waals surface area contributed by atoms with Gasteiger partial charge in [-0.3, -0.25) is 0 Å². The summed E-state index contributed by atoms with van der Waals surface area (Å²) in [6, 6.07) is 2.64. The van der Waals surface area contributed by atoms with Crippen LogP contribution in [-0.2, 0) is 12.6 Å². The molecule has 0 aromatic heterocycles. The first-order valence-corrected chi connectivity index (χ1v) is 4.30. The summed E-state index contributed by atoms with van der Waals surface area (Å²) in [5, 5.41) is 0. The lowest BCUT2D eigenvalue weighted by atomic mass is 10.1. The smallest absolute Gasteiger partial charge is 0.207 e. The third-order valence-electron chi connectivity index (χ3n) is 1.82. The average Bonchev–Trinajstić information content (AvgIpc) is 2.02. The minimum Gasteiger partial charge on any atom is -0.207 e. The number of hydrogen-bond acceptors (Lipinski definition) is 0. The van der Waals surface area contributed by atoms with Gasteiger partial charge < -0.3 is 0 Å². The summed E-state index contributed by atoms with van der Waals surface area (Å²) in [6.07, 6.45) is -3.31. The van der Waals surface area contributed by atoms with E-state index in [2.05, 4.69) is 0 Å². The molecule has 0 aliphatic rings. The van der Waals surface area contributed by atoms with Gasteiger partial charge in [0.15, 0.2) is 0 Å². The van der Waals surface area contributed by atoms with Crippen LogP contribution in [0.2, 0.25) is 0 Å². The predicted molar refractivity (Wildman–Crippen MR) is 45.4 cm³/mol. The Bertz CT molecular complexity index is 314. The maximum absolute atomic E-state index is 12.8. The Morgan fingerprint density at radius 1 is 1.14 bits per heavy atom. The quantitative estimate of drug-likeness (QED) is 0.645. The van der Waals surface area contributed by atoms with Crippen LogP contribution in [0, 0.1) is 5.82 Å². The fourth-order valence-electron chi connectivity index (χ4n) is 1.25. The predicted octanol–water partition coefficient (Wildman–Crippen LogP) is 3.80. The van der Waals surface area contributed by atoms with Crippen molar-refractivity contribution in [3.8, 4) is 0 Å². The first kappa shape index (κ1) is 11.0. The number of benzene rings is 1. The van der Waals surface area contributed by atoms with Gasteiger partial charge >= 0.3 is 6.18 Å². The standard InChI is InChI=1S/C10H10F4/c1-2-3-7-4-8(10(12,13)14)6-9(11)5-7/h4-6H,2-3H2,1H3. The topological polar surface area (TPSA) is 0 Å². The third-order valence-corrected chi connectivity index (χ3v) is 1.82. The van der Waals surface area contributed by atoms with Crippen molar-refractivity contribution in [3.63, 3.8) is 0 Å². The van der Waals surface area contributed by atoms with Crippen LogP contribution in [0.25, 0.3) is 0 Å². The zero-order valence-corrected chi connectivity index (χ0v) is 7.66. The molecule has 14 heavy (non-hydrogen) atoms. The molecule has 0 saturated heterocycles. The van der Waals surface area contributed by atoms with E-state index in [0.29, 0.717) is 24.5 Å². The molecule has 78 valence electrons. The summed E-state index contributed by atoms with van der Waals surface area (Å²) in [7, 11) is 0. The minimum absolute atomic E-state index is 0.389. The number of rotatable bonds is 2.